The molecule has 1 aliphatic rings. The minimum atomic E-state index is 0.488. The number of aromatic nitrogens is 1. The summed E-state index contributed by atoms with van der Waals surface area (Å²) in [5.74, 6) is 1.74. The lowest BCUT2D eigenvalue weighted by Crippen LogP contribution is -2.20. The lowest BCUT2D eigenvalue weighted by Gasteiger charge is -2.28. The molecule has 2 heterocycles. The van der Waals surface area contributed by atoms with Gasteiger partial charge in [-0.3, -0.25) is 4.98 Å². The lowest BCUT2D eigenvalue weighted by atomic mass is 9.80. The molecule has 0 bridgehead atoms. The van der Waals surface area contributed by atoms with Crippen molar-refractivity contribution in [1.82, 2.24) is 10.3 Å². The van der Waals surface area contributed by atoms with Crippen molar-refractivity contribution in [3.05, 3.63) is 35.3 Å². The molecule has 1 unspecified atom stereocenters. The van der Waals surface area contributed by atoms with Crippen molar-refractivity contribution in [3.63, 3.8) is 0 Å². The van der Waals surface area contributed by atoms with Crippen molar-refractivity contribution in [3.8, 4) is 0 Å². The van der Waals surface area contributed by atoms with Crippen LogP contribution in [0.1, 0.15) is 62.8 Å². The Morgan fingerprint density at radius 1 is 1.28 bits per heavy atom. The van der Waals surface area contributed by atoms with E-state index in [1.54, 1.807) is 0 Å². The Hall–Kier alpha value is -1.31. The van der Waals surface area contributed by atoms with Gasteiger partial charge in [0.15, 0.2) is 0 Å². The summed E-state index contributed by atoms with van der Waals surface area (Å²) in [6.45, 7) is 10.2. The van der Waals surface area contributed by atoms with Crippen LogP contribution in [-0.2, 0) is 0 Å². The lowest BCUT2D eigenvalue weighted by molar-refractivity contribution is 0.455. The van der Waals surface area contributed by atoms with Crippen molar-refractivity contribution in [1.29, 1.82) is 0 Å². The van der Waals surface area contributed by atoms with Crippen molar-refractivity contribution < 1.29 is 0 Å². The summed E-state index contributed by atoms with van der Waals surface area (Å²) in [6, 6.07) is 2.14. The van der Waals surface area contributed by atoms with E-state index in [4.69, 9.17) is 0 Å². The second-order valence-electron chi connectivity index (χ2n) is 5.78. The smallest absolute Gasteiger partial charge is 0.0469 e. The van der Waals surface area contributed by atoms with Gasteiger partial charge < -0.3 is 5.32 Å². The molecule has 1 aromatic heterocycles. The summed E-state index contributed by atoms with van der Waals surface area (Å²) in [5.41, 5.74) is 4.08. The third kappa shape index (κ3) is 2.58. The normalized spacial score (nSPS) is 19.3. The zero-order valence-electron chi connectivity index (χ0n) is 11.9. The Kier molecular flexibility index (Phi) is 4.05. The highest BCUT2D eigenvalue weighted by Crippen LogP contribution is 2.35. The van der Waals surface area contributed by atoms with Crippen LogP contribution in [0.3, 0.4) is 0 Å². The maximum absolute atomic E-state index is 4.64. The van der Waals surface area contributed by atoms with Gasteiger partial charge in [-0.05, 0) is 53.6 Å². The second kappa shape index (κ2) is 5.55. The molecular formula is C16H24N2. The Morgan fingerprint density at radius 3 is 2.72 bits per heavy atom. The summed E-state index contributed by atoms with van der Waals surface area (Å²) < 4.78 is 0. The molecule has 2 nitrogen and oxygen atoms in total. The molecule has 0 aromatic carbocycles. The number of pyridine rings is 1. The van der Waals surface area contributed by atoms with Crippen LogP contribution in [0.2, 0.25) is 0 Å². The molecule has 1 atom stereocenters. The third-order valence-electron chi connectivity index (χ3n) is 3.76. The first kappa shape index (κ1) is 13.1. The van der Waals surface area contributed by atoms with Gasteiger partial charge in [0.25, 0.3) is 0 Å². The molecule has 0 radical (unpaired) electrons. The van der Waals surface area contributed by atoms with Gasteiger partial charge in [-0.1, -0.05) is 27.7 Å². The van der Waals surface area contributed by atoms with E-state index >= 15 is 0 Å². The molecule has 0 saturated heterocycles. The Labute approximate surface area is 111 Å². The van der Waals surface area contributed by atoms with Crippen LogP contribution < -0.4 is 5.32 Å². The highest BCUT2D eigenvalue weighted by atomic mass is 14.8. The van der Waals surface area contributed by atoms with E-state index in [0.717, 1.165) is 6.54 Å². The van der Waals surface area contributed by atoms with Gasteiger partial charge in [-0.15, -0.1) is 0 Å². The predicted molar refractivity (Wildman–Crippen MR) is 77.6 cm³/mol. The molecule has 98 valence electrons. The Balaban J connectivity index is 2.58. The SMILES string of the molecule is CC(C)c1nccc2c1C(C(C)C)CCNC=C2. The minimum Gasteiger partial charge on any atom is -0.391 e. The largest absolute Gasteiger partial charge is 0.391 e. The van der Waals surface area contributed by atoms with Crippen LogP contribution in [0.4, 0.5) is 0 Å². The summed E-state index contributed by atoms with van der Waals surface area (Å²) in [5, 5.41) is 3.36. The number of rotatable bonds is 2. The molecule has 2 heteroatoms. The molecular weight excluding hydrogens is 220 g/mol. The third-order valence-corrected chi connectivity index (χ3v) is 3.76. The molecule has 1 aromatic rings. The average Bonchev–Trinajstić information content (AvgIpc) is 2.28. The first-order valence-corrected chi connectivity index (χ1v) is 7.00. The fourth-order valence-corrected chi connectivity index (χ4v) is 2.80. The van der Waals surface area contributed by atoms with Crippen molar-refractivity contribution in [2.24, 2.45) is 5.92 Å². The zero-order valence-corrected chi connectivity index (χ0v) is 11.9. The fraction of sp³-hybridized carbons (Fsp3) is 0.562. The van der Waals surface area contributed by atoms with Gasteiger partial charge in [0.2, 0.25) is 0 Å². The van der Waals surface area contributed by atoms with Crippen LogP contribution in [0.15, 0.2) is 18.5 Å². The van der Waals surface area contributed by atoms with Crippen molar-refractivity contribution in [2.75, 3.05) is 6.54 Å². The van der Waals surface area contributed by atoms with Crippen LogP contribution in [0.5, 0.6) is 0 Å². The van der Waals surface area contributed by atoms with E-state index in [-0.39, 0.29) is 0 Å². The van der Waals surface area contributed by atoms with Gasteiger partial charge in [-0.25, -0.2) is 0 Å². The molecule has 0 amide bonds. The summed E-state index contributed by atoms with van der Waals surface area (Å²) in [7, 11) is 0. The molecule has 1 aliphatic heterocycles. The summed E-state index contributed by atoms with van der Waals surface area (Å²) >= 11 is 0. The number of hydrogen-bond acceptors (Lipinski definition) is 2. The quantitative estimate of drug-likeness (QED) is 0.853. The number of nitrogens with zero attached hydrogens (tertiary/aromatic N) is 1. The minimum absolute atomic E-state index is 0.488. The number of hydrogen-bond donors (Lipinski definition) is 1. The fourth-order valence-electron chi connectivity index (χ4n) is 2.80. The van der Waals surface area contributed by atoms with Gasteiger partial charge >= 0.3 is 0 Å². The maximum atomic E-state index is 4.64. The van der Waals surface area contributed by atoms with E-state index in [0.29, 0.717) is 17.8 Å². The van der Waals surface area contributed by atoms with Gasteiger partial charge in [0, 0.05) is 18.4 Å². The number of nitrogens with one attached hydrogen (secondary N) is 1. The van der Waals surface area contributed by atoms with Gasteiger partial charge in [0.05, 0.1) is 0 Å². The first-order chi connectivity index (χ1) is 8.61. The molecule has 0 spiro atoms. The molecule has 18 heavy (non-hydrogen) atoms. The maximum Gasteiger partial charge on any atom is 0.0469 e. The van der Waals surface area contributed by atoms with Crippen molar-refractivity contribution in [2.45, 2.75) is 46.0 Å². The molecule has 0 aliphatic carbocycles. The Morgan fingerprint density at radius 2 is 2.06 bits per heavy atom. The van der Waals surface area contributed by atoms with Crippen LogP contribution in [-0.4, -0.2) is 11.5 Å². The van der Waals surface area contributed by atoms with E-state index in [2.05, 4.69) is 56.3 Å². The highest BCUT2D eigenvalue weighted by molar-refractivity contribution is 5.56. The zero-order chi connectivity index (χ0) is 13.1. The second-order valence-corrected chi connectivity index (χ2v) is 5.78. The number of fused-ring (bicyclic) bond motifs is 1. The molecule has 0 saturated carbocycles. The van der Waals surface area contributed by atoms with E-state index in [1.165, 1.54) is 23.2 Å². The van der Waals surface area contributed by atoms with Crippen LogP contribution >= 0.6 is 0 Å². The summed E-state index contributed by atoms with van der Waals surface area (Å²) in [6.07, 6.45) is 7.38. The monoisotopic (exact) mass is 244 g/mol. The Bertz CT molecular complexity index is 433. The molecule has 2 rings (SSSR count). The standard InChI is InChI=1S/C16H24N2/c1-11(2)14-7-9-17-8-5-13-6-10-18-16(12(3)4)15(13)14/h5-6,8,10-12,14,17H,7,9H2,1-4H3. The molecule has 0 fully saturated rings. The van der Waals surface area contributed by atoms with Gasteiger partial charge in [0.1, 0.15) is 0 Å². The van der Waals surface area contributed by atoms with E-state index < -0.39 is 0 Å². The molecule has 1 N–H and O–H groups in total. The topological polar surface area (TPSA) is 24.9 Å². The van der Waals surface area contributed by atoms with E-state index in [1.807, 2.05) is 6.20 Å². The summed E-state index contributed by atoms with van der Waals surface area (Å²) in [4.78, 5) is 4.64. The van der Waals surface area contributed by atoms with Crippen molar-refractivity contribution >= 4 is 6.08 Å². The van der Waals surface area contributed by atoms with Crippen LogP contribution in [0.25, 0.3) is 6.08 Å². The van der Waals surface area contributed by atoms with Gasteiger partial charge in [-0.2, -0.15) is 0 Å². The first-order valence-electron chi connectivity index (χ1n) is 7.00. The van der Waals surface area contributed by atoms with E-state index in [9.17, 15) is 0 Å². The van der Waals surface area contributed by atoms with Crippen LogP contribution in [0, 0.1) is 5.92 Å². The predicted octanol–water partition coefficient (Wildman–Crippen LogP) is 3.91. The average molecular weight is 244 g/mol. The highest BCUT2D eigenvalue weighted by Gasteiger charge is 2.23.